The molecule has 7 heteroatoms. The lowest BCUT2D eigenvalue weighted by Gasteiger charge is -2.13. The van der Waals surface area contributed by atoms with E-state index in [1.807, 2.05) is 37.3 Å². The lowest BCUT2D eigenvalue weighted by atomic mass is 10.2. The van der Waals surface area contributed by atoms with Crippen LogP contribution in [0, 0.1) is 0 Å². The van der Waals surface area contributed by atoms with Gasteiger partial charge < -0.3 is 14.2 Å². The third-order valence-electron chi connectivity index (χ3n) is 4.38. The van der Waals surface area contributed by atoms with Crippen LogP contribution in [-0.2, 0) is 6.61 Å². The van der Waals surface area contributed by atoms with Crippen LogP contribution in [0.25, 0.3) is 0 Å². The van der Waals surface area contributed by atoms with Crippen LogP contribution in [0.3, 0.4) is 0 Å². The van der Waals surface area contributed by atoms with Gasteiger partial charge in [0.15, 0.2) is 11.5 Å². The fraction of sp³-hybridized carbons (Fsp3) is 0.167. The number of nitrogens with one attached hydrogen (secondary N) is 2. The molecule has 0 saturated carbocycles. The molecule has 2 N–H and O–H groups in total. The van der Waals surface area contributed by atoms with Crippen molar-refractivity contribution in [3.05, 3.63) is 89.5 Å². The summed E-state index contributed by atoms with van der Waals surface area (Å²) in [4.78, 5) is 24.7. The Balaban J connectivity index is 1.58. The van der Waals surface area contributed by atoms with Gasteiger partial charge in [-0.3, -0.25) is 20.4 Å². The van der Waals surface area contributed by atoms with Crippen molar-refractivity contribution in [3.63, 3.8) is 0 Å². The minimum atomic E-state index is -0.479. The molecule has 0 bridgehead atoms. The van der Waals surface area contributed by atoms with Gasteiger partial charge in [0.1, 0.15) is 12.4 Å². The van der Waals surface area contributed by atoms with Gasteiger partial charge in [0, 0.05) is 11.1 Å². The van der Waals surface area contributed by atoms with Crippen molar-refractivity contribution in [2.24, 2.45) is 0 Å². The van der Waals surface area contributed by atoms with Crippen LogP contribution in [0.5, 0.6) is 17.2 Å². The molecule has 0 aliphatic carbocycles. The first-order valence-corrected chi connectivity index (χ1v) is 9.79. The SMILES string of the molecule is CCOc1ccc(C(=O)NNC(=O)c2ccc(OCc3ccccc3)c(OC)c2)cc1. The minimum Gasteiger partial charge on any atom is -0.494 e. The Morgan fingerprint density at radius 3 is 2.06 bits per heavy atom. The number of ether oxygens (including phenoxy) is 3. The molecular formula is C24H24N2O5. The molecular weight excluding hydrogens is 396 g/mol. The van der Waals surface area contributed by atoms with Crippen molar-refractivity contribution < 1.29 is 23.8 Å². The molecule has 0 heterocycles. The van der Waals surface area contributed by atoms with Crippen molar-refractivity contribution in [3.8, 4) is 17.2 Å². The van der Waals surface area contributed by atoms with Crippen LogP contribution in [0.15, 0.2) is 72.8 Å². The van der Waals surface area contributed by atoms with Gasteiger partial charge >= 0.3 is 0 Å². The molecule has 0 aromatic heterocycles. The van der Waals surface area contributed by atoms with Crippen molar-refractivity contribution in [1.29, 1.82) is 0 Å². The monoisotopic (exact) mass is 420 g/mol. The average Bonchev–Trinajstić information content (AvgIpc) is 2.82. The summed E-state index contributed by atoms with van der Waals surface area (Å²) >= 11 is 0. The highest BCUT2D eigenvalue weighted by Gasteiger charge is 2.13. The third-order valence-corrected chi connectivity index (χ3v) is 4.38. The van der Waals surface area contributed by atoms with E-state index in [1.54, 1.807) is 42.5 Å². The van der Waals surface area contributed by atoms with Crippen molar-refractivity contribution >= 4 is 11.8 Å². The highest BCUT2D eigenvalue weighted by atomic mass is 16.5. The topological polar surface area (TPSA) is 85.9 Å². The summed E-state index contributed by atoms with van der Waals surface area (Å²) in [6.07, 6.45) is 0. The molecule has 31 heavy (non-hydrogen) atoms. The Morgan fingerprint density at radius 2 is 1.42 bits per heavy atom. The van der Waals surface area contributed by atoms with E-state index in [9.17, 15) is 9.59 Å². The van der Waals surface area contributed by atoms with E-state index in [0.717, 1.165) is 5.56 Å². The minimum absolute atomic E-state index is 0.316. The zero-order chi connectivity index (χ0) is 22.1. The number of hydrogen-bond acceptors (Lipinski definition) is 5. The summed E-state index contributed by atoms with van der Waals surface area (Å²) in [5.41, 5.74) is 6.52. The second-order valence-corrected chi connectivity index (χ2v) is 6.51. The number of carbonyl (C=O) groups is 2. The Bertz CT molecular complexity index is 1020. The van der Waals surface area contributed by atoms with Gasteiger partial charge in [-0.1, -0.05) is 30.3 Å². The number of benzene rings is 3. The van der Waals surface area contributed by atoms with E-state index in [-0.39, 0.29) is 0 Å². The fourth-order valence-corrected chi connectivity index (χ4v) is 2.79. The van der Waals surface area contributed by atoms with E-state index in [4.69, 9.17) is 14.2 Å². The fourth-order valence-electron chi connectivity index (χ4n) is 2.79. The van der Waals surface area contributed by atoms with Gasteiger partial charge in [0.2, 0.25) is 0 Å². The largest absolute Gasteiger partial charge is 0.494 e. The van der Waals surface area contributed by atoms with Crippen LogP contribution in [-0.4, -0.2) is 25.5 Å². The van der Waals surface area contributed by atoms with Gasteiger partial charge in [-0.05, 0) is 55.0 Å². The first kappa shape index (κ1) is 21.7. The van der Waals surface area contributed by atoms with Gasteiger partial charge in [-0.2, -0.15) is 0 Å². The molecule has 0 spiro atoms. The molecule has 0 saturated heterocycles. The number of rotatable bonds is 8. The van der Waals surface area contributed by atoms with E-state index in [0.29, 0.717) is 41.6 Å². The standard InChI is InChI=1S/C24H24N2O5/c1-3-30-20-12-9-18(10-13-20)23(27)25-26-24(28)19-11-14-21(22(15-19)29-2)31-16-17-7-5-4-6-8-17/h4-15H,3,16H2,1-2H3,(H,25,27)(H,26,28). The molecule has 3 rings (SSSR count). The normalized spacial score (nSPS) is 10.1. The van der Waals surface area contributed by atoms with Crippen LogP contribution in [0.2, 0.25) is 0 Å². The predicted octanol–water partition coefficient (Wildman–Crippen LogP) is 3.75. The van der Waals surface area contributed by atoms with E-state index >= 15 is 0 Å². The summed E-state index contributed by atoms with van der Waals surface area (Å²) in [7, 11) is 1.50. The molecule has 0 radical (unpaired) electrons. The second kappa shape index (κ2) is 10.7. The molecule has 0 atom stereocenters. The summed E-state index contributed by atoms with van der Waals surface area (Å²) in [6, 6.07) is 21.2. The lowest BCUT2D eigenvalue weighted by Crippen LogP contribution is -2.41. The molecule has 3 aromatic rings. The smallest absolute Gasteiger partial charge is 0.269 e. The van der Waals surface area contributed by atoms with E-state index in [1.165, 1.54) is 7.11 Å². The van der Waals surface area contributed by atoms with E-state index in [2.05, 4.69) is 10.9 Å². The first-order valence-electron chi connectivity index (χ1n) is 9.79. The van der Waals surface area contributed by atoms with Crippen molar-refractivity contribution in [2.45, 2.75) is 13.5 Å². The zero-order valence-electron chi connectivity index (χ0n) is 17.4. The van der Waals surface area contributed by atoms with Crippen LogP contribution >= 0.6 is 0 Å². The van der Waals surface area contributed by atoms with Gasteiger partial charge in [0.05, 0.1) is 13.7 Å². The summed E-state index contributed by atoms with van der Waals surface area (Å²) in [5.74, 6) is 0.686. The number of amides is 2. The Hall–Kier alpha value is -4.00. The Kier molecular flexibility index (Phi) is 7.48. The first-order chi connectivity index (χ1) is 15.1. The molecule has 0 aliphatic rings. The second-order valence-electron chi connectivity index (χ2n) is 6.51. The highest BCUT2D eigenvalue weighted by Crippen LogP contribution is 2.28. The predicted molar refractivity (Wildman–Crippen MR) is 116 cm³/mol. The summed E-state index contributed by atoms with van der Waals surface area (Å²) < 4.78 is 16.5. The van der Waals surface area contributed by atoms with Crippen LogP contribution in [0.1, 0.15) is 33.2 Å². The van der Waals surface area contributed by atoms with Gasteiger partial charge in [0.25, 0.3) is 11.8 Å². The third kappa shape index (κ3) is 5.99. The summed E-state index contributed by atoms with van der Waals surface area (Å²) in [6.45, 7) is 2.80. The van der Waals surface area contributed by atoms with Crippen molar-refractivity contribution in [2.75, 3.05) is 13.7 Å². The molecule has 7 nitrogen and oxygen atoms in total. The number of carbonyl (C=O) groups excluding carboxylic acids is 2. The Labute approximate surface area is 180 Å². The highest BCUT2D eigenvalue weighted by molar-refractivity contribution is 5.99. The molecule has 0 aliphatic heterocycles. The van der Waals surface area contributed by atoms with Crippen LogP contribution < -0.4 is 25.1 Å². The maximum absolute atomic E-state index is 12.4. The number of methoxy groups -OCH3 is 1. The van der Waals surface area contributed by atoms with Crippen LogP contribution in [0.4, 0.5) is 0 Å². The van der Waals surface area contributed by atoms with Gasteiger partial charge in [-0.15, -0.1) is 0 Å². The number of hydrazine groups is 1. The van der Waals surface area contributed by atoms with Gasteiger partial charge in [-0.25, -0.2) is 0 Å². The molecule has 160 valence electrons. The Morgan fingerprint density at radius 1 is 0.774 bits per heavy atom. The molecule has 2 amide bonds. The number of hydrogen-bond donors (Lipinski definition) is 2. The quantitative estimate of drug-likeness (QED) is 0.542. The van der Waals surface area contributed by atoms with E-state index < -0.39 is 11.8 Å². The molecule has 0 fully saturated rings. The summed E-state index contributed by atoms with van der Waals surface area (Å²) in [5, 5.41) is 0. The average molecular weight is 420 g/mol. The lowest BCUT2D eigenvalue weighted by molar-refractivity contribution is 0.0846. The molecule has 0 unspecified atom stereocenters. The maximum Gasteiger partial charge on any atom is 0.269 e. The van der Waals surface area contributed by atoms with Crippen molar-refractivity contribution in [1.82, 2.24) is 10.9 Å². The molecule has 3 aromatic carbocycles. The zero-order valence-corrected chi connectivity index (χ0v) is 17.4. The maximum atomic E-state index is 12.4.